The lowest BCUT2D eigenvalue weighted by atomic mass is 10.2. The minimum Gasteiger partial charge on any atom is -0.379 e. The summed E-state index contributed by atoms with van der Waals surface area (Å²) in [7, 11) is 0. The van der Waals surface area contributed by atoms with Gasteiger partial charge in [0.1, 0.15) is 11.6 Å². The van der Waals surface area contributed by atoms with E-state index >= 15 is 0 Å². The summed E-state index contributed by atoms with van der Waals surface area (Å²) in [4.78, 5) is 0. The van der Waals surface area contributed by atoms with Gasteiger partial charge in [0.15, 0.2) is 0 Å². The van der Waals surface area contributed by atoms with Crippen LogP contribution in [0.15, 0.2) is 29.3 Å². The van der Waals surface area contributed by atoms with Gasteiger partial charge in [-0.1, -0.05) is 11.6 Å². The average molecular weight is 218 g/mol. The molecule has 76 valence electrons. The molecule has 0 fully saturated rings. The largest absolute Gasteiger partial charge is 0.379 e. The minimum absolute atomic E-state index is 0.142. The van der Waals surface area contributed by atoms with Crippen LogP contribution in [0.1, 0.15) is 6.92 Å². The quantitative estimate of drug-likeness (QED) is 0.817. The van der Waals surface area contributed by atoms with Crippen LogP contribution in [0.3, 0.4) is 0 Å². The lowest BCUT2D eigenvalue weighted by Gasteiger charge is -2.06. The number of anilines is 1. The van der Waals surface area contributed by atoms with Gasteiger partial charge in [-0.3, -0.25) is 0 Å². The second kappa shape index (κ2) is 4.96. The standard InChI is InChI=1S/C10H10ClF2N/c1-7(5-11)6-14-10-4-8(12)2-3-9(10)13/h2-5,14H,6H2,1H3/b7-5-. The molecule has 0 atom stereocenters. The summed E-state index contributed by atoms with van der Waals surface area (Å²) in [6.45, 7) is 2.18. The highest BCUT2D eigenvalue weighted by Gasteiger charge is 2.02. The van der Waals surface area contributed by atoms with E-state index in [2.05, 4.69) is 5.32 Å². The number of benzene rings is 1. The van der Waals surface area contributed by atoms with Gasteiger partial charge in [0.2, 0.25) is 0 Å². The van der Waals surface area contributed by atoms with Crippen molar-refractivity contribution in [3.63, 3.8) is 0 Å². The lowest BCUT2D eigenvalue weighted by Crippen LogP contribution is -2.04. The third-order valence-corrected chi connectivity index (χ3v) is 2.04. The van der Waals surface area contributed by atoms with Crippen molar-refractivity contribution in [1.82, 2.24) is 0 Å². The fourth-order valence-corrected chi connectivity index (χ4v) is 0.983. The fraction of sp³-hybridized carbons (Fsp3) is 0.200. The molecule has 14 heavy (non-hydrogen) atoms. The zero-order valence-electron chi connectivity index (χ0n) is 7.65. The Morgan fingerprint density at radius 1 is 1.50 bits per heavy atom. The second-order valence-electron chi connectivity index (χ2n) is 2.93. The summed E-state index contributed by atoms with van der Waals surface area (Å²) in [5, 5.41) is 2.74. The molecule has 0 aliphatic heterocycles. The van der Waals surface area contributed by atoms with Crippen molar-refractivity contribution in [3.8, 4) is 0 Å². The number of nitrogens with one attached hydrogen (secondary N) is 1. The van der Waals surface area contributed by atoms with Crippen molar-refractivity contribution < 1.29 is 8.78 Å². The molecule has 0 aromatic heterocycles. The van der Waals surface area contributed by atoms with Crippen LogP contribution >= 0.6 is 11.6 Å². The third-order valence-electron chi connectivity index (χ3n) is 1.67. The van der Waals surface area contributed by atoms with Gasteiger partial charge in [-0.15, -0.1) is 0 Å². The Morgan fingerprint density at radius 2 is 2.21 bits per heavy atom. The van der Waals surface area contributed by atoms with Crippen molar-refractivity contribution in [1.29, 1.82) is 0 Å². The second-order valence-corrected chi connectivity index (χ2v) is 3.15. The van der Waals surface area contributed by atoms with E-state index in [4.69, 9.17) is 11.6 Å². The van der Waals surface area contributed by atoms with E-state index in [0.29, 0.717) is 6.54 Å². The van der Waals surface area contributed by atoms with Gasteiger partial charge in [0, 0.05) is 12.1 Å². The Bertz CT molecular complexity index is 350. The Kier molecular flexibility index (Phi) is 3.89. The zero-order valence-corrected chi connectivity index (χ0v) is 8.41. The zero-order chi connectivity index (χ0) is 10.6. The number of hydrogen-bond acceptors (Lipinski definition) is 1. The third kappa shape index (κ3) is 3.00. The van der Waals surface area contributed by atoms with Crippen LogP contribution in [-0.2, 0) is 0 Å². The highest BCUT2D eigenvalue weighted by Crippen LogP contribution is 2.15. The van der Waals surface area contributed by atoms with Crippen molar-refractivity contribution in [3.05, 3.63) is 40.9 Å². The van der Waals surface area contributed by atoms with Gasteiger partial charge in [0.25, 0.3) is 0 Å². The van der Waals surface area contributed by atoms with Crippen LogP contribution < -0.4 is 5.32 Å². The van der Waals surface area contributed by atoms with Gasteiger partial charge in [-0.05, 0) is 30.7 Å². The summed E-state index contributed by atoms with van der Waals surface area (Å²) in [6, 6.07) is 3.26. The van der Waals surface area contributed by atoms with Crippen LogP contribution in [0.5, 0.6) is 0 Å². The first kappa shape index (κ1) is 11.0. The molecule has 1 rings (SSSR count). The lowest BCUT2D eigenvalue weighted by molar-refractivity contribution is 0.603. The molecule has 0 bridgehead atoms. The van der Waals surface area contributed by atoms with Crippen molar-refractivity contribution >= 4 is 17.3 Å². The van der Waals surface area contributed by atoms with Crippen LogP contribution in [0.25, 0.3) is 0 Å². The number of halogens is 3. The van der Waals surface area contributed by atoms with E-state index in [9.17, 15) is 8.78 Å². The molecule has 4 heteroatoms. The average Bonchev–Trinajstić information content (AvgIpc) is 2.19. The Labute approximate surface area is 86.4 Å². The van der Waals surface area contributed by atoms with Crippen molar-refractivity contribution in [2.75, 3.05) is 11.9 Å². The molecule has 1 aromatic carbocycles. The molecule has 1 N–H and O–H groups in total. The van der Waals surface area contributed by atoms with Crippen LogP contribution in [0.4, 0.5) is 14.5 Å². The number of rotatable bonds is 3. The van der Waals surface area contributed by atoms with E-state index in [1.807, 2.05) is 0 Å². The minimum atomic E-state index is -0.478. The van der Waals surface area contributed by atoms with Gasteiger partial charge >= 0.3 is 0 Å². The molecule has 0 spiro atoms. The van der Waals surface area contributed by atoms with E-state index in [0.717, 1.165) is 23.8 Å². The predicted octanol–water partition coefficient (Wildman–Crippen LogP) is 3.52. The first-order valence-corrected chi connectivity index (χ1v) is 4.52. The molecule has 0 saturated heterocycles. The van der Waals surface area contributed by atoms with E-state index in [-0.39, 0.29) is 5.69 Å². The fourth-order valence-electron chi connectivity index (χ4n) is 0.906. The van der Waals surface area contributed by atoms with E-state index < -0.39 is 11.6 Å². The van der Waals surface area contributed by atoms with Gasteiger partial charge in [0.05, 0.1) is 5.69 Å². The Hall–Kier alpha value is -1.09. The summed E-state index contributed by atoms with van der Waals surface area (Å²) in [5.74, 6) is -0.949. The molecule has 0 radical (unpaired) electrons. The Balaban J connectivity index is 2.71. The molecule has 1 aromatic rings. The van der Waals surface area contributed by atoms with Crippen LogP contribution in [0, 0.1) is 11.6 Å². The van der Waals surface area contributed by atoms with Gasteiger partial charge in [-0.25, -0.2) is 8.78 Å². The maximum atomic E-state index is 13.0. The summed E-state index contributed by atoms with van der Waals surface area (Å²) in [6.07, 6.45) is 0. The van der Waals surface area contributed by atoms with Crippen LogP contribution in [-0.4, -0.2) is 6.54 Å². The summed E-state index contributed by atoms with van der Waals surface area (Å²) >= 11 is 5.42. The maximum Gasteiger partial charge on any atom is 0.146 e. The molecular weight excluding hydrogens is 208 g/mol. The molecule has 0 amide bonds. The first-order chi connectivity index (χ1) is 6.63. The highest BCUT2D eigenvalue weighted by molar-refractivity contribution is 6.25. The SMILES string of the molecule is C/C(=C/Cl)CNc1cc(F)ccc1F. The maximum absolute atomic E-state index is 13.0. The van der Waals surface area contributed by atoms with Crippen molar-refractivity contribution in [2.24, 2.45) is 0 Å². The van der Waals surface area contributed by atoms with Crippen molar-refractivity contribution in [2.45, 2.75) is 6.92 Å². The predicted molar refractivity (Wildman–Crippen MR) is 54.5 cm³/mol. The summed E-state index contributed by atoms with van der Waals surface area (Å²) in [5.41, 5.74) is 2.38. The Morgan fingerprint density at radius 3 is 2.86 bits per heavy atom. The molecule has 1 nitrogen and oxygen atoms in total. The highest BCUT2D eigenvalue weighted by atomic mass is 35.5. The molecule has 0 aliphatic rings. The monoisotopic (exact) mass is 217 g/mol. The molecule has 0 aliphatic carbocycles. The van der Waals surface area contributed by atoms with E-state index in [1.54, 1.807) is 6.92 Å². The molecular formula is C10H10ClF2N. The summed E-state index contributed by atoms with van der Waals surface area (Å²) < 4.78 is 25.7. The molecule has 0 saturated carbocycles. The molecule has 0 unspecified atom stereocenters. The number of hydrogen-bond donors (Lipinski definition) is 1. The normalized spacial score (nSPS) is 11.6. The molecule has 0 heterocycles. The topological polar surface area (TPSA) is 12.0 Å². The van der Waals surface area contributed by atoms with Crippen LogP contribution in [0.2, 0.25) is 0 Å². The van der Waals surface area contributed by atoms with Gasteiger partial charge in [-0.2, -0.15) is 0 Å². The first-order valence-electron chi connectivity index (χ1n) is 4.08. The van der Waals surface area contributed by atoms with E-state index in [1.165, 1.54) is 5.54 Å². The smallest absolute Gasteiger partial charge is 0.146 e. The van der Waals surface area contributed by atoms with Gasteiger partial charge < -0.3 is 5.32 Å².